The summed E-state index contributed by atoms with van der Waals surface area (Å²) in [6.07, 6.45) is 3.97. The predicted octanol–water partition coefficient (Wildman–Crippen LogP) is 2.81. The largest absolute Gasteiger partial charge is 0.369 e. The molecule has 3 aromatic rings. The van der Waals surface area contributed by atoms with Gasteiger partial charge in [-0.3, -0.25) is 4.79 Å². The van der Waals surface area contributed by atoms with Crippen LogP contribution >= 0.6 is 0 Å². The van der Waals surface area contributed by atoms with E-state index in [-0.39, 0.29) is 5.91 Å². The monoisotopic (exact) mass is 432 g/mol. The fourth-order valence-electron chi connectivity index (χ4n) is 4.87. The summed E-state index contributed by atoms with van der Waals surface area (Å²) in [5.74, 6) is 0.158. The highest BCUT2D eigenvalue weighted by Crippen LogP contribution is 2.30. The van der Waals surface area contributed by atoms with Gasteiger partial charge in [0.05, 0.1) is 11.2 Å². The molecule has 0 spiro atoms. The maximum atomic E-state index is 11.7. The molecule has 0 radical (unpaired) electrons. The average Bonchev–Trinajstić information content (AvgIpc) is 3.29. The molecule has 2 fully saturated rings. The van der Waals surface area contributed by atoms with Gasteiger partial charge in [-0.2, -0.15) is 5.10 Å². The number of aromatic nitrogens is 2. The first-order valence-corrected chi connectivity index (χ1v) is 11.7. The van der Waals surface area contributed by atoms with Crippen LogP contribution in [-0.2, 0) is 4.79 Å². The average molecular weight is 433 g/mol. The molecule has 2 aliphatic heterocycles. The molecule has 1 aromatic carbocycles. The van der Waals surface area contributed by atoms with Crippen molar-refractivity contribution < 1.29 is 4.79 Å². The molecule has 0 saturated carbocycles. The number of nitrogens with zero attached hydrogens (tertiary/aromatic N) is 6. The van der Waals surface area contributed by atoms with E-state index in [4.69, 9.17) is 0 Å². The minimum Gasteiger partial charge on any atom is -0.369 e. The van der Waals surface area contributed by atoms with Gasteiger partial charge < -0.3 is 19.6 Å². The number of amides is 1. The van der Waals surface area contributed by atoms with Gasteiger partial charge in [0.2, 0.25) is 5.91 Å². The van der Waals surface area contributed by atoms with E-state index in [2.05, 4.69) is 69.3 Å². The zero-order chi connectivity index (χ0) is 22.1. The topological polar surface area (TPSA) is 47.3 Å². The summed E-state index contributed by atoms with van der Waals surface area (Å²) in [4.78, 5) is 20.9. The lowest BCUT2D eigenvalue weighted by Crippen LogP contribution is -2.48. The first-order chi connectivity index (χ1) is 15.6. The second-order valence-electron chi connectivity index (χ2n) is 8.74. The minimum absolute atomic E-state index is 0.158. The summed E-state index contributed by atoms with van der Waals surface area (Å²) in [7, 11) is 0. The number of carbonyl (C=O) groups is 1. The van der Waals surface area contributed by atoms with Crippen LogP contribution in [0.2, 0.25) is 0 Å². The van der Waals surface area contributed by atoms with Crippen molar-refractivity contribution in [2.24, 2.45) is 0 Å². The number of rotatable bonds is 4. The third kappa shape index (κ3) is 4.05. The number of anilines is 2. The fourth-order valence-corrected chi connectivity index (χ4v) is 4.87. The third-order valence-corrected chi connectivity index (χ3v) is 6.94. The fraction of sp³-hybridized carbons (Fsp3) is 0.440. The molecular weight excluding hydrogens is 400 g/mol. The summed E-state index contributed by atoms with van der Waals surface area (Å²) in [6, 6.07) is 13.3. The van der Waals surface area contributed by atoms with Crippen LogP contribution in [0, 0.1) is 0 Å². The van der Waals surface area contributed by atoms with Crippen molar-refractivity contribution in [3.05, 3.63) is 48.8 Å². The number of hydrogen-bond acceptors (Lipinski definition) is 5. The molecule has 168 valence electrons. The van der Waals surface area contributed by atoms with Crippen molar-refractivity contribution >= 4 is 22.8 Å². The van der Waals surface area contributed by atoms with E-state index in [0.29, 0.717) is 0 Å². The summed E-state index contributed by atoms with van der Waals surface area (Å²) < 4.78 is 1.97. The van der Waals surface area contributed by atoms with Crippen LogP contribution in [0.3, 0.4) is 0 Å². The van der Waals surface area contributed by atoms with E-state index >= 15 is 0 Å². The van der Waals surface area contributed by atoms with E-state index in [1.54, 1.807) is 6.92 Å². The van der Waals surface area contributed by atoms with Crippen molar-refractivity contribution in [2.45, 2.75) is 13.8 Å². The Morgan fingerprint density at radius 1 is 0.875 bits per heavy atom. The number of likely N-dealkylation sites (N-methyl/N-ethyl adjacent to an activating group) is 1. The van der Waals surface area contributed by atoms with Crippen molar-refractivity contribution in [3.63, 3.8) is 0 Å². The Morgan fingerprint density at radius 2 is 1.56 bits per heavy atom. The Kier molecular flexibility index (Phi) is 5.74. The van der Waals surface area contributed by atoms with Gasteiger partial charge in [0.25, 0.3) is 0 Å². The van der Waals surface area contributed by atoms with Crippen LogP contribution in [0.25, 0.3) is 16.6 Å². The van der Waals surface area contributed by atoms with Gasteiger partial charge >= 0.3 is 0 Å². The first-order valence-electron chi connectivity index (χ1n) is 11.7. The van der Waals surface area contributed by atoms with Crippen molar-refractivity contribution in [1.29, 1.82) is 0 Å². The van der Waals surface area contributed by atoms with E-state index in [1.165, 1.54) is 22.5 Å². The second-order valence-corrected chi connectivity index (χ2v) is 8.74. The Hall–Kier alpha value is -3.06. The van der Waals surface area contributed by atoms with Crippen LogP contribution in [0.1, 0.15) is 13.8 Å². The van der Waals surface area contributed by atoms with Gasteiger partial charge in [-0.25, -0.2) is 4.52 Å². The summed E-state index contributed by atoms with van der Waals surface area (Å²) in [5, 5.41) is 4.54. The maximum Gasteiger partial charge on any atom is 0.219 e. The smallest absolute Gasteiger partial charge is 0.219 e. The third-order valence-electron chi connectivity index (χ3n) is 6.94. The highest BCUT2D eigenvalue weighted by molar-refractivity contribution is 5.80. The number of benzene rings is 1. The van der Waals surface area contributed by atoms with Crippen LogP contribution in [0.15, 0.2) is 48.8 Å². The van der Waals surface area contributed by atoms with Crippen LogP contribution in [0.5, 0.6) is 0 Å². The molecule has 2 saturated heterocycles. The molecule has 32 heavy (non-hydrogen) atoms. The van der Waals surface area contributed by atoms with Gasteiger partial charge in [-0.15, -0.1) is 0 Å². The summed E-state index contributed by atoms with van der Waals surface area (Å²) in [6.45, 7) is 12.7. The molecule has 0 atom stereocenters. The molecule has 2 aliphatic rings. The van der Waals surface area contributed by atoms with Crippen LogP contribution in [0.4, 0.5) is 11.4 Å². The lowest BCUT2D eigenvalue weighted by Gasteiger charge is -2.35. The first kappa shape index (κ1) is 20.8. The van der Waals surface area contributed by atoms with E-state index < -0.39 is 0 Å². The van der Waals surface area contributed by atoms with Gasteiger partial charge in [0.1, 0.15) is 0 Å². The van der Waals surface area contributed by atoms with E-state index in [0.717, 1.165) is 64.4 Å². The molecule has 1 amide bonds. The zero-order valence-electron chi connectivity index (χ0n) is 19.1. The van der Waals surface area contributed by atoms with E-state index in [1.807, 2.05) is 15.6 Å². The van der Waals surface area contributed by atoms with Crippen LogP contribution in [-0.4, -0.2) is 84.2 Å². The Bertz CT molecular complexity index is 1080. The lowest BCUT2D eigenvalue weighted by atomic mass is 10.1. The maximum absolute atomic E-state index is 11.7. The minimum atomic E-state index is 0.158. The molecule has 7 heteroatoms. The molecule has 0 aliphatic carbocycles. The van der Waals surface area contributed by atoms with Gasteiger partial charge in [-0.1, -0.05) is 19.1 Å². The lowest BCUT2D eigenvalue weighted by molar-refractivity contribution is -0.129. The number of carbonyl (C=O) groups excluding carboxylic acids is 1. The number of fused-ring (bicyclic) bond motifs is 1. The van der Waals surface area contributed by atoms with Crippen molar-refractivity contribution in [1.82, 2.24) is 19.4 Å². The molecule has 7 nitrogen and oxygen atoms in total. The van der Waals surface area contributed by atoms with Gasteiger partial charge in [0, 0.05) is 82.9 Å². The normalized spacial score (nSPS) is 17.9. The zero-order valence-corrected chi connectivity index (χ0v) is 19.1. The van der Waals surface area contributed by atoms with Gasteiger partial charge in [0.15, 0.2) is 0 Å². The van der Waals surface area contributed by atoms with Crippen molar-refractivity contribution in [2.75, 3.05) is 68.7 Å². The molecule has 4 heterocycles. The highest BCUT2D eigenvalue weighted by Gasteiger charge is 2.21. The molecule has 0 bridgehead atoms. The Labute approximate surface area is 189 Å². The quantitative estimate of drug-likeness (QED) is 0.635. The van der Waals surface area contributed by atoms with Crippen molar-refractivity contribution in [3.8, 4) is 11.1 Å². The van der Waals surface area contributed by atoms with Crippen LogP contribution < -0.4 is 9.80 Å². The molecule has 0 unspecified atom stereocenters. The molecule has 0 N–H and O–H groups in total. The number of hydrogen-bond donors (Lipinski definition) is 0. The summed E-state index contributed by atoms with van der Waals surface area (Å²) in [5.41, 5.74) is 5.97. The van der Waals surface area contributed by atoms with E-state index in [9.17, 15) is 4.79 Å². The number of piperazine rings is 2. The molecular formula is C25H32N6O. The second kappa shape index (κ2) is 8.82. The Balaban J connectivity index is 1.34. The molecule has 2 aromatic heterocycles. The predicted molar refractivity (Wildman–Crippen MR) is 129 cm³/mol. The van der Waals surface area contributed by atoms with Gasteiger partial charge in [-0.05, 0) is 36.4 Å². The highest BCUT2D eigenvalue weighted by atomic mass is 16.2. The summed E-state index contributed by atoms with van der Waals surface area (Å²) >= 11 is 0. The standard InChI is InChI=1S/C25H32N6O/c1-3-27-10-12-29(13-11-27)23-6-4-21(5-7-23)22-18-25-24(8-9-26-31(25)19-22)30-16-14-28(15-17-30)20(2)32/h4-9,18-19H,3,10-17H2,1-2H3. The SMILES string of the molecule is CCN1CCN(c2ccc(-c3cc4c(N5CCN(C(C)=O)CC5)ccnn4c3)cc2)CC1. The Morgan fingerprint density at radius 3 is 2.22 bits per heavy atom. The molecule has 5 rings (SSSR count).